The third-order valence-electron chi connectivity index (χ3n) is 17.0. The van der Waals surface area contributed by atoms with E-state index in [0.29, 0.717) is 11.8 Å². The highest BCUT2D eigenvalue weighted by Crippen LogP contribution is 2.71. The minimum absolute atomic E-state index is 0.00868. The summed E-state index contributed by atoms with van der Waals surface area (Å²) in [5.74, 6) is 5.14. The van der Waals surface area contributed by atoms with Crippen LogP contribution in [0.3, 0.4) is 0 Å². The summed E-state index contributed by atoms with van der Waals surface area (Å²) in [4.78, 5) is 2.72. The second kappa shape index (κ2) is 12.4. The van der Waals surface area contributed by atoms with Crippen molar-refractivity contribution in [2.75, 3.05) is 4.90 Å². The topological polar surface area (TPSA) is 12.5 Å². The van der Waals surface area contributed by atoms with Crippen molar-refractivity contribution in [2.24, 2.45) is 23.7 Å². The highest BCUT2D eigenvalue weighted by atomic mass is 16.5. The summed E-state index contributed by atoms with van der Waals surface area (Å²) < 4.78 is 7.78. The van der Waals surface area contributed by atoms with E-state index in [9.17, 15) is 0 Å². The Morgan fingerprint density at radius 3 is 1.41 bits per heavy atom. The molecule has 6 aliphatic carbocycles. The van der Waals surface area contributed by atoms with Gasteiger partial charge in [-0.1, -0.05) is 140 Å². The van der Waals surface area contributed by atoms with Crippen LogP contribution in [0, 0.1) is 23.7 Å². The molecule has 0 unspecified atom stereocenters. The number of anilines is 3. The van der Waals surface area contributed by atoms with E-state index < -0.39 is 0 Å². The van der Waals surface area contributed by atoms with Crippen LogP contribution in [0.1, 0.15) is 147 Å². The van der Waals surface area contributed by atoms with E-state index in [1.165, 1.54) is 107 Å². The summed E-state index contributed by atoms with van der Waals surface area (Å²) in [5, 5.41) is 0. The molecule has 5 aromatic rings. The zero-order valence-electron chi connectivity index (χ0n) is 36.3. The molecule has 12 rings (SSSR count). The molecule has 5 aromatic carbocycles. The van der Waals surface area contributed by atoms with E-state index in [1.807, 2.05) is 0 Å². The van der Waals surface area contributed by atoms with Gasteiger partial charge in [0.25, 0.3) is 0 Å². The third kappa shape index (κ3) is 5.08. The molecular formula is C56H63NO. The maximum atomic E-state index is 7.78. The number of benzene rings is 5. The third-order valence-corrected chi connectivity index (χ3v) is 17.0. The van der Waals surface area contributed by atoms with Crippen molar-refractivity contribution in [3.8, 4) is 22.6 Å². The number of nitrogens with zero attached hydrogens (tertiary/aromatic N) is 1. The largest absolute Gasteiger partial charge is 0.454 e. The van der Waals surface area contributed by atoms with Crippen molar-refractivity contribution in [1.82, 2.24) is 0 Å². The minimum atomic E-state index is -0.0719. The summed E-state index contributed by atoms with van der Waals surface area (Å²) in [6.07, 6.45) is 11.5. The second-order valence-corrected chi connectivity index (χ2v) is 22.2. The van der Waals surface area contributed by atoms with Crippen LogP contribution in [-0.4, -0.2) is 0 Å². The van der Waals surface area contributed by atoms with Gasteiger partial charge in [0.15, 0.2) is 5.75 Å². The molecule has 0 aromatic heterocycles. The molecule has 4 bridgehead atoms. The Morgan fingerprint density at radius 2 is 0.879 bits per heavy atom. The number of hydrogen-bond donors (Lipinski definition) is 0. The SMILES string of the molecule is CC1(C)CCC(C)(C)c2c(N(c3cccc4c3Oc3c(-c5ccccc5)cccc3C43C4CC5CC(C4)CC3C5)c3cccc4c3C(C)(C)CCC4(C)C)cccc21. The quantitative estimate of drug-likeness (QED) is 0.181. The maximum Gasteiger partial charge on any atom is 0.155 e. The predicted octanol–water partition coefficient (Wildman–Crippen LogP) is 15.4. The van der Waals surface area contributed by atoms with Gasteiger partial charge in [-0.25, -0.2) is 0 Å². The molecule has 4 fully saturated rings. The Labute approximate surface area is 348 Å². The number of para-hydroxylation sites is 2. The van der Waals surface area contributed by atoms with Gasteiger partial charge in [-0.3, -0.25) is 0 Å². The fourth-order valence-electron chi connectivity index (χ4n) is 14.2. The number of hydrogen-bond acceptors (Lipinski definition) is 2. The van der Waals surface area contributed by atoms with Crippen molar-refractivity contribution < 1.29 is 4.74 Å². The average Bonchev–Trinajstić information content (AvgIpc) is 3.20. The van der Waals surface area contributed by atoms with Crippen LogP contribution < -0.4 is 9.64 Å². The van der Waals surface area contributed by atoms with Crippen LogP contribution in [0.4, 0.5) is 17.1 Å². The van der Waals surface area contributed by atoms with Crippen molar-refractivity contribution in [1.29, 1.82) is 0 Å². The molecule has 2 nitrogen and oxygen atoms in total. The summed E-state index contributed by atoms with van der Waals surface area (Å²) >= 11 is 0. The number of rotatable bonds is 4. The lowest BCUT2D eigenvalue weighted by atomic mass is 9.41. The lowest BCUT2D eigenvalue weighted by Crippen LogP contribution is -2.57. The molecule has 7 aliphatic rings. The Kier molecular flexibility index (Phi) is 7.84. The Hall–Kier alpha value is -4.30. The van der Waals surface area contributed by atoms with Crippen LogP contribution >= 0.6 is 0 Å². The van der Waals surface area contributed by atoms with Gasteiger partial charge >= 0.3 is 0 Å². The van der Waals surface area contributed by atoms with Crippen LogP contribution in [0.15, 0.2) is 103 Å². The average molecular weight is 766 g/mol. The summed E-state index contributed by atoms with van der Waals surface area (Å²) in [6.45, 7) is 19.9. The Balaban J connectivity index is 1.25. The first-order valence-corrected chi connectivity index (χ1v) is 22.8. The zero-order valence-corrected chi connectivity index (χ0v) is 36.3. The minimum Gasteiger partial charge on any atom is -0.454 e. The molecule has 1 spiro atoms. The van der Waals surface area contributed by atoms with Gasteiger partial charge < -0.3 is 9.64 Å². The highest BCUT2D eigenvalue weighted by molar-refractivity contribution is 5.89. The number of ether oxygens (including phenoxy) is 1. The molecule has 0 saturated heterocycles. The summed E-state index contributed by atoms with van der Waals surface area (Å²) in [5.41, 5.74) is 15.3. The van der Waals surface area contributed by atoms with Gasteiger partial charge in [0.2, 0.25) is 0 Å². The van der Waals surface area contributed by atoms with Gasteiger partial charge in [0, 0.05) is 22.1 Å². The van der Waals surface area contributed by atoms with Crippen LogP contribution in [-0.2, 0) is 27.1 Å². The van der Waals surface area contributed by atoms with Crippen LogP contribution in [0.2, 0.25) is 0 Å². The Bertz CT molecular complexity index is 2350. The summed E-state index contributed by atoms with van der Waals surface area (Å²) in [6, 6.07) is 40.0. The van der Waals surface area contributed by atoms with E-state index in [0.717, 1.165) is 36.2 Å². The lowest BCUT2D eigenvalue weighted by Gasteiger charge is -2.63. The predicted molar refractivity (Wildman–Crippen MR) is 241 cm³/mol. The lowest BCUT2D eigenvalue weighted by molar-refractivity contribution is -0.0451. The van der Waals surface area contributed by atoms with Gasteiger partial charge in [-0.05, 0) is 149 Å². The molecule has 1 aliphatic heterocycles. The van der Waals surface area contributed by atoms with Crippen molar-refractivity contribution >= 4 is 17.1 Å². The van der Waals surface area contributed by atoms with Gasteiger partial charge in [0.1, 0.15) is 5.75 Å². The molecule has 1 heterocycles. The Morgan fingerprint density at radius 1 is 0.431 bits per heavy atom. The van der Waals surface area contributed by atoms with Gasteiger partial charge in [0.05, 0.1) is 17.1 Å². The van der Waals surface area contributed by atoms with Crippen molar-refractivity contribution in [3.63, 3.8) is 0 Å². The molecule has 4 saturated carbocycles. The first-order valence-electron chi connectivity index (χ1n) is 22.8. The second-order valence-electron chi connectivity index (χ2n) is 22.2. The molecule has 298 valence electrons. The molecule has 2 heteroatoms. The molecule has 0 radical (unpaired) electrons. The first-order chi connectivity index (χ1) is 27.7. The number of fused-ring (bicyclic) bond motifs is 4. The molecular weight excluding hydrogens is 703 g/mol. The maximum absolute atomic E-state index is 7.78. The van der Waals surface area contributed by atoms with E-state index in [-0.39, 0.29) is 27.1 Å². The van der Waals surface area contributed by atoms with E-state index in [4.69, 9.17) is 4.74 Å². The monoisotopic (exact) mass is 765 g/mol. The highest BCUT2D eigenvalue weighted by Gasteiger charge is 2.62. The fourth-order valence-corrected chi connectivity index (χ4v) is 14.2. The fraction of sp³-hybridized carbons (Fsp3) is 0.464. The molecule has 0 atom stereocenters. The zero-order chi connectivity index (χ0) is 40.0. The van der Waals surface area contributed by atoms with Crippen molar-refractivity contribution in [2.45, 2.75) is 140 Å². The van der Waals surface area contributed by atoms with Crippen LogP contribution in [0.5, 0.6) is 11.5 Å². The van der Waals surface area contributed by atoms with Crippen LogP contribution in [0.25, 0.3) is 11.1 Å². The molecule has 0 N–H and O–H groups in total. The van der Waals surface area contributed by atoms with Crippen molar-refractivity contribution in [3.05, 3.63) is 137 Å². The standard InChI is InChI=1S/C56H63NO/c1-52(2)26-28-54(5,6)48-41(52)19-13-23-45(48)57(46-24-14-20-42-49(46)55(7,8)29-27-53(42,3)4)47-25-15-22-44-51(47)58-50-40(37-16-10-9-11-17-37)18-12-21-43(50)56(44)38-31-35-30-36(33-38)34-39(56)32-35/h9-25,35-36,38-39H,26-34H2,1-8H3. The molecule has 0 amide bonds. The molecule has 58 heavy (non-hydrogen) atoms. The normalized spacial score (nSPS) is 28.5. The van der Waals surface area contributed by atoms with Gasteiger partial charge in [-0.15, -0.1) is 0 Å². The van der Waals surface area contributed by atoms with E-state index in [2.05, 4.69) is 163 Å². The summed E-state index contributed by atoms with van der Waals surface area (Å²) in [7, 11) is 0. The first kappa shape index (κ1) is 36.8. The smallest absolute Gasteiger partial charge is 0.155 e. The van der Waals surface area contributed by atoms with E-state index in [1.54, 1.807) is 0 Å². The van der Waals surface area contributed by atoms with Gasteiger partial charge in [-0.2, -0.15) is 0 Å². The van der Waals surface area contributed by atoms with E-state index >= 15 is 0 Å².